The van der Waals surface area contributed by atoms with Gasteiger partial charge in [0.05, 0.1) is 23.4 Å². The van der Waals surface area contributed by atoms with Gasteiger partial charge in [-0.1, -0.05) is 31.2 Å². The van der Waals surface area contributed by atoms with E-state index >= 15 is 0 Å². The molecule has 1 unspecified atom stereocenters. The number of amides is 1. The van der Waals surface area contributed by atoms with Crippen LogP contribution in [0.4, 0.5) is 0 Å². The average molecular weight is 401 g/mol. The van der Waals surface area contributed by atoms with E-state index in [0.717, 1.165) is 18.8 Å². The van der Waals surface area contributed by atoms with Crippen molar-refractivity contribution in [1.82, 2.24) is 25.2 Å². The van der Waals surface area contributed by atoms with Crippen LogP contribution in [0.1, 0.15) is 35.5 Å². The molecule has 1 atom stereocenters. The van der Waals surface area contributed by atoms with Crippen molar-refractivity contribution in [2.75, 3.05) is 13.1 Å². The predicted octanol–water partition coefficient (Wildman–Crippen LogP) is -0.0423. The Morgan fingerprint density at radius 2 is 2.14 bits per heavy atom. The molecular formula is C18H24BN5O5. The Kier molecular flexibility index (Phi) is 6.50. The number of nitrogens with one attached hydrogen (secondary N) is 1. The van der Waals surface area contributed by atoms with Gasteiger partial charge in [0.15, 0.2) is 0 Å². The molecule has 29 heavy (non-hydrogen) atoms. The van der Waals surface area contributed by atoms with Gasteiger partial charge in [0.25, 0.3) is 0 Å². The lowest BCUT2D eigenvalue weighted by atomic mass is 9.72. The van der Waals surface area contributed by atoms with Crippen LogP contribution in [-0.2, 0) is 24.3 Å². The van der Waals surface area contributed by atoms with Crippen molar-refractivity contribution >= 4 is 19.0 Å². The van der Waals surface area contributed by atoms with Crippen LogP contribution in [-0.4, -0.2) is 68.0 Å². The van der Waals surface area contributed by atoms with Gasteiger partial charge in [-0.15, -0.1) is 5.10 Å². The Labute approximate surface area is 168 Å². The summed E-state index contributed by atoms with van der Waals surface area (Å²) >= 11 is 0. The molecule has 2 aromatic rings. The summed E-state index contributed by atoms with van der Waals surface area (Å²) in [4.78, 5) is 25.9. The van der Waals surface area contributed by atoms with E-state index in [1.54, 1.807) is 18.3 Å². The molecule has 3 rings (SSSR count). The summed E-state index contributed by atoms with van der Waals surface area (Å²) < 4.78 is 6.83. The van der Waals surface area contributed by atoms with Crippen LogP contribution in [0.15, 0.2) is 24.4 Å². The maximum Gasteiger partial charge on any atom is 0.547 e. The molecule has 0 bridgehead atoms. The third kappa shape index (κ3) is 4.93. The molecular weight excluding hydrogens is 377 g/mol. The number of aromatic carboxylic acids is 1. The normalized spacial score (nSPS) is 15.7. The van der Waals surface area contributed by atoms with Crippen molar-refractivity contribution < 1.29 is 24.4 Å². The van der Waals surface area contributed by atoms with Crippen LogP contribution >= 0.6 is 0 Å². The van der Waals surface area contributed by atoms with Crippen LogP contribution in [0.2, 0.25) is 0 Å². The van der Waals surface area contributed by atoms with E-state index in [1.165, 1.54) is 10.7 Å². The second-order valence-electron chi connectivity index (χ2n) is 6.85. The summed E-state index contributed by atoms with van der Waals surface area (Å²) in [7, 11) is -1.35. The number of nitrogens with zero attached hydrogens (tertiary/aromatic N) is 4. The monoisotopic (exact) mass is 401 g/mol. The SMILES string of the molecule is CCN(CC)Cc1cn(CC(=O)NC2Cc3cccc(C(=O)O)c3OB2O)nn1. The first-order valence-corrected chi connectivity index (χ1v) is 9.51. The van der Waals surface area contributed by atoms with Crippen LogP contribution < -0.4 is 9.97 Å². The second-order valence-corrected chi connectivity index (χ2v) is 6.85. The van der Waals surface area contributed by atoms with Crippen LogP contribution in [0.5, 0.6) is 5.75 Å². The molecule has 11 heteroatoms. The molecule has 0 spiro atoms. The number of para-hydroxylation sites is 1. The Morgan fingerprint density at radius 1 is 1.38 bits per heavy atom. The number of hydrogen-bond acceptors (Lipinski definition) is 7. The van der Waals surface area contributed by atoms with Crippen LogP contribution in [0.3, 0.4) is 0 Å². The average Bonchev–Trinajstić information content (AvgIpc) is 3.12. The molecule has 1 amide bonds. The molecule has 1 aromatic carbocycles. The zero-order valence-corrected chi connectivity index (χ0v) is 16.4. The molecule has 154 valence electrons. The number of carboxylic acid groups (broad SMARTS) is 1. The molecule has 0 radical (unpaired) electrons. The van der Waals surface area contributed by atoms with Gasteiger partial charge in [-0.05, 0) is 31.1 Å². The smallest absolute Gasteiger partial charge is 0.534 e. The van der Waals surface area contributed by atoms with Crippen molar-refractivity contribution in [3.8, 4) is 5.75 Å². The molecule has 10 nitrogen and oxygen atoms in total. The highest BCUT2D eigenvalue weighted by molar-refractivity contribution is 6.47. The van der Waals surface area contributed by atoms with Crippen molar-refractivity contribution in [2.45, 2.75) is 39.3 Å². The van der Waals surface area contributed by atoms with Crippen LogP contribution in [0.25, 0.3) is 0 Å². The highest BCUT2D eigenvalue weighted by atomic mass is 16.5. The van der Waals surface area contributed by atoms with E-state index in [1.807, 2.05) is 0 Å². The lowest BCUT2D eigenvalue weighted by molar-refractivity contribution is -0.122. The first-order valence-electron chi connectivity index (χ1n) is 9.51. The summed E-state index contributed by atoms with van der Waals surface area (Å²) in [6.07, 6.45) is 1.98. The van der Waals surface area contributed by atoms with Gasteiger partial charge in [-0.3, -0.25) is 9.69 Å². The summed E-state index contributed by atoms with van der Waals surface area (Å²) in [6.45, 7) is 6.54. The van der Waals surface area contributed by atoms with Gasteiger partial charge >= 0.3 is 13.1 Å². The van der Waals surface area contributed by atoms with Crippen molar-refractivity contribution in [3.05, 3.63) is 41.2 Å². The molecule has 2 heterocycles. The Balaban J connectivity index is 1.61. The third-order valence-electron chi connectivity index (χ3n) is 4.87. The summed E-state index contributed by atoms with van der Waals surface area (Å²) in [6, 6.07) is 4.73. The maximum absolute atomic E-state index is 12.4. The van der Waals surface area contributed by atoms with Gasteiger partial charge in [0.2, 0.25) is 5.91 Å². The minimum Gasteiger partial charge on any atom is -0.534 e. The zero-order chi connectivity index (χ0) is 21.0. The van der Waals surface area contributed by atoms with E-state index in [4.69, 9.17) is 4.65 Å². The number of benzene rings is 1. The number of fused-ring (bicyclic) bond motifs is 1. The van der Waals surface area contributed by atoms with E-state index in [2.05, 4.69) is 34.4 Å². The Hall–Kier alpha value is -2.92. The van der Waals surface area contributed by atoms with E-state index in [-0.39, 0.29) is 30.2 Å². The quantitative estimate of drug-likeness (QED) is 0.526. The highest BCUT2D eigenvalue weighted by Gasteiger charge is 2.37. The fraction of sp³-hybridized carbons (Fsp3) is 0.444. The second kappa shape index (κ2) is 9.06. The lowest BCUT2D eigenvalue weighted by Crippen LogP contribution is -2.53. The van der Waals surface area contributed by atoms with Gasteiger partial charge in [-0.2, -0.15) is 0 Å². The molecule has 1 aliphatic rings. The number of aromatic nitrogens is 3. The number of rotatable bonds is 8. The minimum absolute atomic E-state index is 0.0188. The molecule has 0 saturated carbocycles. The van der Waals surface area contributed by atoms with Gasteiger partial charge in [0.1, 0.15) is 12.3 Å². The standard InChI is InChI=1S/C18H24BN5O5/c1-3-23(4-2)9-13-10-24(22-21-13)11-16(25)20-15-8-12-6-5-7-14(18(26)27)17(12)29-19(15)28/h5-7,10,15,28H,3-4,8-9,11H2,1-2H3,(H,20,25)(H,26,27). The van der Waals surface area contributed by atoms with E-state index in [9.17, 15) is 19.7 Å². The van der Waals surface area contributed by atoms with Crippen molar-refractivity contribution in [1.29, 1.82) is 0 Å². The zero-order valence-electron chi connectivity index (χ0n) is 16.4. The van der Waals surface area contributed by atoms with Crippen molar-refractivity contribution in [2.24, 2.45) is 0 Å². The number of carbonyl (C=O) groups is 2. The van der Waals surface area contributed by atoms with Crippen LogP contribution in [0, 0.1) is 0 Å². The summed E-state index contributed by atoms with van der Waals surface area (Å²) in [5.41, 5.74) is 1.37. The first-order chi connectivity index (χ1) is 13.9. The molecule has 1 aromatic heterocycles. The fourth-order valence-electron chi connectivity index (χ4n) is 3.28. The lowest BCUT2D eigenvalue weighted by Gasteiger charge is -2.28. The molecule has 0 aliphatic carbocycles. The number of carbonyl (C=O) groups excluding carboxylic acids is 1. The van der Waals surface area contributed by atoms with Gasteiger partial charge in [-0.25, -0.2) is 9.48 Å². The Bertz CT molecular complexity index is 885. The minimum atomic E-state index is -1.35. The predicted molar refractivity (Wildman–Crippen MR) is 104 cm³/mol. The van der Waals surface area contributed by atoms with Crippen molar-refractivity contribution in [3.63, 3.8) is 0 Å². The molecule has 0 fully saturated rings. The number of hydrogen-bond donors (Lipinski definition) is 3. The fourth-order valence-corrected chi connectivity index (χ4v) is 3.28. The summed E-state index contributed by atoms with van der Waals surface area (Å²) in [5.74, 6) is -2.05. The largest absolute Gasteiger partial charge is 0.547 e. The summed E-state index contributed by atoms with van der Waals surface area (Å²) in [5, 5.41) is 30.2. The topological polar surface area (TPSA) is 130 Å². The van der Waals surface area contributed by atoms with E-state index < -0.39 is 19.0 Å². The molecule has 1 aliphatic heterocycles. The Morgan fingerprint density at radius 3 is 2.83 bits per heavy atom. The van der Waals surface area contributed by atoms with Gasteiger partial charge < -0.3 is 20.1 Å². The van der Waals surface area contributed by atoms with Gasteiger partial charge in [0, 0.05) is 6.54 Å². The van der Waals surface area contributed by atoms with E-state index in [0.29, 0.717) is 12.1 Å². The highest BCUT2D eigenvalue weighted by Crippen LogP contribution is 2.30. The molecule has 0 saturated heterocycles. The maximum atomic E-state index is 12.4. The molecule has 3 N–H and O–H groups in total. The first kappa shape index (κ1) is 20.8. The number of carboxylic acids is 1. The third-order valence-corrected chi connectivity index (χ3v) is 4.87.